The van der Waals surface area contributed by atoms with E-state index in [4.69, 9.17) is 9.47 Å². The van der Waals surface area contributed by atoms with Gasteiger partial charge in [-0.3, -0.25) is 9.59 Å². The lowest BCUT2D eigenvalue weighted by atomic mass is 10.1. The molecule has 7 nitrogen and oxygen atoms in total. The molecule has 1 atom stereocenters. The third-order valence-electron chi connectivity index (χ3n) is 4.82. The van der Waals surface area contributed by atoms with Crippen molar-refractivity contribution in [2.75, 3.05) is 18.1 Å². The van der Waals surface area contributed by atoms with E-state index in [2.05, 4.69) is 10.5 Å². The Hall–Kier alpha value is -3.35. The van der Waals surface area contributed by atoms with Crippen LogP contribution < -0.4 is 19.8 Å². The van der Waals surface area contributed by atoms with E-state index in [1.165, 1.54) is 0 Å². The smallest absolute Gasteiger partial charge is 0.280 e. The van der Waals surface area contributed by atoms with Gasteiger partial charge in [0.15, 0.2) is 6.10 Å². The lowest BCUT2D eigenvalue weighted by molar-refractivity contribution is -0.127. The number of hydrogen-bond acceptors (Lipinski definition) is 5. The second kappa shape index (κ2) is 9.91. The van der Waals surface area contributed by atoms with Crippen LogP contribution in [-0.2, 0) is 9.59 Å². The van der Waals surface area contributed by atoms with Crippen molar-refractivity contribution < 1.29 is 19.1 Å². The average molecular weight is 409 g/mol. The van der Waals surface area contributed by atoms with E-state index in [-0.39, 0.29) is 11.8 Å². The number of hydrogen-bond donors (Lipinski definition) is 1. The van der Waals surface area contributed by atoms with Gasteiger partial charge in [-0.2, -0.15) is 5.10 Å². The second-order valence-corrected chi connectivity index (χ2v) is 7.03. The molecule has 1 N–H and O–H groups in total. The molecule has 2 aromatic rings. The molecular weight excluding hydrogens is 382 g/mol. The zero-order chi connectivity index (χ0) is 21.5. The molecule has 1 aliphatic heterocycles. The monoisotopic (exact) mass is 409 g/mol. The third kappa shape index (κ3) is 5.37. The molecule has 0 saturated carbocycles. The van der Waals surface area contributed by atoms with Gasteiger partial charge in [0.05, 0.1) is 12.3 Å². The van der Waals surface area contributed by atoms with E-state index in [0.717, 1.165) is 30.0 Å². The average Bonchev–Trinajstić information content (AvgIpc) is 3.19. The van der Waals surface area contributed by atoms with E-state index < -0.39 is 6.10 Å². The van der Waals surface area contributed by atoms with Crippen LogP contribution in [0, 0.1) is 0 Å². The summed E-state index contributed by atoms with van der Waals surface area (Å²) in [4.78, 5) is 25.9. The lowest BCUT2D eigenvalue weighted by Crippen LogP contribution is -2.33. The first-order valence-electron chi connectivity index (χ1n) is 10.1. The summed E-state index contributed by atoms with van der Waals surface area (Å²) in [6.45, 7) is 6.75. The molecule has 158 valence electrons. The van der Waals surface area contributed by atoms with Gasteiger partial charge in [-0.1, -0.05) is 12.1 Å². The van der Waals surface area contributed by atoms with Crippen LogP contribution in [0.1, 0.15) is 39.2 Å². The first-order chi connectivity index (χ1) is 14.5. The number of hydrazone groups is 1. The summed E-state index contributed by atoms with van der Waals surface area (Å²) in [5.41, 5.74) is 4.96. The van der Waals surface area contributed by atoms with Gasteiger partial charge in [0, 0.05) is 18.7 Å². The molecule has 1 heterocycles. The number of rotatable bonds is 8. The molecule has 7 heteroatoms. The largest absolute Gasteiger partial charge is 0.494 e. The normalized spacial score (nSPS) is 15.1. The van der Waals surface area contributed by atoms with Crippen LogP contribution in [-0.4, -0.2) is 36.8 Å². The first kappa shape index (κ1) is 21.4. The quantitative estimate of drug-likeness (QED) is 0.534. The molecule has 0 aliphatic carbocycles. The predicted molar refractivity (Wildman–Crippen MR) is 116 cm³/mol. The fourth-order valence-corrected chi connectivity index (χ4v) is 3.14. The summed E-state index contributed by atoms with van der Waals surface area (Å²) < 4.78 is 11.0. The Labute approximate surface area is 176 Å². The zero-order valence-corrected chi connectivity index (χ0v) is 17.6. The summed E-state index contributed by atoms with van der Waals surface area (Å²) >= 11 is 0. The SMILES string of the molecule is CCOc1ccc(O[C@@H](C)C(=O)N/N=C(/C)c2ccc(N3CCCC3=O)cc2)cc1. The Morgan fingerprint density at radius 2 is 1.80 bits per heavy atom. The van der Waals surface area contributed by atoms with E-state index in [1.807, 2.05) is 38.1 Å². The second-order valence-electron chi connectivity index (χ2n) is 7.03. The number of amides is 2. The van der Waals surface area contributed by atoms with Gasteiger partial charge in [-0.05, 0) is 69.2 Å². The maximum absolute atomic E-state index is 12.3. The Morgan fingerprint density at radius 3 is 2.40 bits per heavy atom. The van der Waals surface area contributed by atoms with Crippen molar-refractivity contribution in [2.45, 2.75) is 39.7 Å². The molecule has 30 heavy (non-hydrogen) atoms. The maximum Gasteiger partial charge on any atom is 0.280 e. The molecule has 1 aliphatic rings. The molecule has 2 aromatic carbocycles. The molecule has 0 unspecified atom stereocenters. The van der Waals surface area contributed by atoms with E-state index in [1.54, 1.807) is 36.1 Å². The number of nitrogens with zero attached hydrogens (tertiary/aromatic N) is 2. The number of benzene rings is 2. The van der Waals surface area contributed by atoms with Gasteiger partial charge in [0.2, 0.25) is 5.91 Å². The van der Waals surface area contributed by atoms with Crippen molar-refractivity contribution in [3.8, 4) is 11.5 Å². The van der Waals surface area contributed by atoms with Crippen LogP contribution in [0.15, 0.2) is 53.6 Å². The van der Waals surface area contributed by atoms with E-state index in [9.17, 15) is 9.59 Å². The summed E-state index contributed by atoms with van der Waals surface area (Å²) in [5, 5.41) is 4.17. The Balaban J connectivity index is 1.54. The lowest BCUT2D eigenvalue weighted by Gasteiger charge is -2.16. The van der Waals surface area contributed by atoms with Crippen molar-refractivity contribution >= 4 is 23.2 Å². The molecule has 0 radical (unpaired) electrons. The van der Waals surface area contributed by atoms with Gasteiger partial charge >= 0.3 is 0 Å². The van der Waals surface area contributed by atoms with Crippen molar-refractivity contribution in [1.82, 2.24) is 5.43 Å². The number of carbonyl (C=O) groups is 2. The summed E-state index contributed by atoms with van der Waals surface area (Å²) in [6.07, 6.45) is 0.790. The minimum Gasteiger partial charge on any atom is -0.494 e. The van der Waals surface area contributed by atoms with Gasteiger partial charge in [0.1, 0.15) is 11.5 Å². The molecule has 2 amide bonds. The van der Waals surface area contributed by atoms with Crippen LogP contribution in [0.4, 0.5) is 5.69 Å². The minimum absolute atomic E-state index is 0.155. The predicted octanol–water partition coefficient (Wildman–Crippen LogP) is 3.52. The van der Waals surface area contributed by atoms with Crippen LogP contribution >= 0.6 is 0 Å². The molecule has 3 rings (SSSR count). The number of nitrogens with one attached hydrogen (secondary N) is 1. The van der Waals surface area contributed by atoms with Crippen LogP contribution in [0.3, 0.4) is 0 Å². The topological polar surface area (TPSA) is 80.2 Å². The Bertz CT molecular complexity index is 907. The minimum atomic E-state index is -0.706. The summed E-state index contributed by atoms with van der Waals surface area (Å²) in [5.74, 6) is 1.14. The summed E-state index contributed by atoms with van der Waals surface area (Å²) in [7, 11) is 0. The van der Waals surface area contributed by atoms with Crippen molar-refractivity contribution in [3.05, 3.63) is 54.1 Å². The first-order valence-corrected chi connectivity index (χ1v) is 10.1. The number of anilines is 1. The van der Waals surface area contributed by atoms with Crippen LogP contribution in [0.25, 0.3) is 0 Å². The highest BCUT2D eigenvalue weighted by Gasteiger charge is 2.21. The Kier molecular flexibility index (Phi) is 7.06. The van der Waals surface area contributed by atoms with Gasteiger partial charge in [-0.25, -0.2) is 5.43 Å². The standard InChI is InChI=1S/C23H27N3O4/c1-4-29-20-11-13-21(14-12-20)30-17(3)23(28)25-24-16(2)18-7-9-19(10-8-18)26-15-5-6-22(26)27/h7-14,17H,4-6,15H2,1-3H3,(H,25,28)/b24-16-/t17-/m0/s1. The number of ether oxygens (including phenoxy) is 2. The van der Waals surface area contributed by atoms with Gasteiger partial charge in [-0.15, -0.1) is 0 Å². The van der Waals surface area contributed by atoms with Gasteiger partial charge < -0.3 is 14.4 Å². The number of carbonyl (C=O) groups excluding carboxylic acids is 2. The van der Waals surface area contributed by atoms with Crippen LogP contribution in [0.5, 0.6) is 11.5 Å². The molecule has 1 fully saturated rings. The highest BCUT2D eigenvalue weighted by atomic mass is 16.5. The van der Waals surface area contributed by atoms with E-state index >= 15 is 0 Å². The van der Waals surface area contributed by atoms with E-state index in [0.29, 0.717) is 24.5 Å². The van der Waals surface area contributed by atoms with Gasteiger partial charge in [0.25, 0.3) is 5.91 Å². The molecular formula is C23H27N3O4. The Morgan fingerprint density at radius 1 is 1.13 bits per heavy atom. The highest BCUT2D eigenvalue weighted by molar-refractivity contribution is 6.00. The fraction of sp³-hybridized carbons (Fsp3) is 0.348. The maximum atomic E-state index is 12.3. The highest BCUT2D eigenvalue weighted by Crippen LogP contribution is 2.22. The van der Waals surface area contributed by atoms with Crippen molar-refractivity contribution in [1.29, 1.82) is 0 Å². The third-order valence-corrected chi connectivity index (χ3v) is 4.82. The van der Waals surface area contributed by atoms with Crippen molar-refractivity contribution in [3.63, 3.8) is 0 Å². The molecule has 0 spiro atoms. The molecule has 0 aromatic heterocycles. The fourth-order valence-electron chi connectivity index (χ4n) is 3.14. The molecule has 0 bridgehead atoms. The van der Waals surface area contributed by atoms with Crippen molar-refractivity contribution in [2.24, 2.45) is 5.10 Å². The molecule has 1 saturated heterocycles. The van der Waals surface area contributed by atoms with Crippen LogP contribution in [0.2, 0.25) is 0 Å². The summed E-state index contributed by atoms with van der Waals surface area (Å²) in [6, 6.07) is 14.7. The zero-order valence-electron chi connectivity index (χ0n) is 17.6.